The van der Waals surface area contributed by atoms with Crippen molar-refractivity contribution >= 4 is 34.3 Å². The highest BCUT2D eigenvalue weighted by atomic mass is 32.2. The molecule has 7 nitrogen and oxygen atoms in total. The predicted octanol–water partition coefficient (Wildman–Crippen LogP) is 3.87. The molecule has 0 bridgehead atoms. The molecule has 1 fully saturated rings. The van der Waals surface area contributed by atoms with E-state index in [0.29, 0.717) is 4.88 Å². The zero-order chi connectivity index (χ0) is 22.3. The highest BCUT2D eigenvalue weighted by Crippen LogP contribution is 2.29. The number of hydrogen-bond acceptors (Lipinski definition) is 8. The number of carbonyl (C=O) groups excluding carboxylic acids is 1. The maximum atomic E-state index is 11.5. The van der Waals surface area contributed by atoms with E-state index in [1.165, 1.54) is 39.1 Å². The number of anilines is 1. The molecule has 0 unspecified atom stereocenters. The molecule has 32 heavy (non-hydrogen) atoms. The van der Waals surface area contributed by atoms with Crippen molar-refractivity contribution < 1.29 is 10.0 Å². The highest BCUT2D eigenvalue weighted by molar-refractivity contribution is 7.97. The van der Waals surface area contributed by atoms with Crippen molar-refractivity contribution in [2.45, 2.75) is 18.4 Å². The number of amides is 1. The molecule has 3 aromatic rings. The molecule has 0 atom stereocenters. The Labute approximate surface area is 196 Å². The Morgan fingerprint density at radius 1 is 1.12 bits per heavy atom. The fourth-order valence-corrected chi connectivity index (χ4v) is 5.29. The van der Waals surface area contributed by atoms with Gasteiger partial charge in [0, 0.05) is 37.6 Å². The summed E-state index contributed by atoms with van der Waals surface area (Å²) in [5, 5.41) is 13.0. The minimum Gasteiger partial charge on any atom is -0.345 e. The van der Waals surface area contributed by atoms with Crippen molar-refractivity contribution in [1.82, 2.24) is 20.1 Å². The van der Waals surface area contributed by atoms with Gasteiger partial charge < -0.3 is 10.2 Å². The summed E-state index contributed by atoms with van der Waals surface area (Å²) in [4.78, 5) is 19.6. The zero-order valence-electron chi connectivity index (χ0n) is 18.0. The molecule has 2 aromatic carbocycles. The number of nitrogens with one attached hydrogen (secondary N) is 2. The Morgan fingerprint density at radius 2 is 1.91 bits per heavy atom. The standard InChI is InChI=1S/C23H27N5O2S2/c1-2-24-15-17-4-3-5-19(14-17)18-6-8-20(9-7-18)32-28-12-10-27(11-13-28)23-25-16-21(31-23)22(29)26-30/h3-9,14,16,24,30H,2,10-13,15H2,1H3,(H,26,29). The molecule has 0 aliphatic carbocycles. The third-order valence-electron chi connectivity index (χ3n) is 5.26. The van der Waals surface area contributed by atoms with Crippen molar-refractivity contribution in [3.63, 3.8) is 0 Å². The number of hydrogen-bond donors (Lipinski definition) is 3. The monoisotopic (exact) mass is 469 g/mol. The largest absolute Gasteiger partial charge is 0.345 e. The van der Waals surface area contributed by atoms with Gasteiger partial charge in [0.25, 0.3) is 5.91 Å². The predicted molar refractivity (Wildman–Crippen MR) is 130 cm³/mol. The third kappa shape index (κ3) is 5.67. The summed E-state index contributed by atoms with van der Waals surface area (Å²) in [7, 11) is 0. The Balaban J connectivity index is 1.31. The highest BCUT2D eigenvalue weighted by Gasteiger charge is 2.21. The number of piperazine rings is 1. The van der Waals surface area contributed by atoms with Crippen LogP contribution in [-0.4, -0.2) is 53.1 Å². The van der Waals surface area contributed by atoms with Crippen LogP contribution >= 0.6 is 23.3 Å². The lowest BCUT2D eigenvalue weighted by molar-refractivity contribution is 0.0710. The second-order valence-electron chi connectivity index (χ2n) is 7.46. The fourth-order valence-electron chi connectivity index (χ4n) is 3.53. The van der Waals surface area contributed by atoms with Crippen molar-refractivity contribution in [3.8, 4) is 11.1 Å². The number of hydroxylamine groups is 1. The van der Waals surface area contributed by atoms with E-state index in [4.69, 9.17) is 5.21 Å². The number of benzene rings is 2. The topological polar surface area (TPSA) is 80.7 Å². The van der Waals surface area contributed by atoms with Gasteiger partial charge in [-0.25, -0.2) is 14.8 Å². The van der Waals surface area contributed by atoms with Gasteiger partial charge in [-0.3, -0.25) is 10.0 Å². The van der Waals surface area contributed by atoms with Crippen LogP contribution < -0.4 is 15.7 Å². The van der Waals surface area contributed by atoms with Crippen LogP contribution in [0.1, 0.15) is 22.2 Å². The van der Waals surface area contributed by atoms with Gasteiger partial charge >= 0.3 is 0 Å². The van der Waals surface area contributed by atoms with Gasteiger partial charge in [0.15, 0.2) is 5.13 Å². The van der Waals surface area contributed by atoms with Crippen molar-refractivity contribution in [1.29, 1.82) is 0 Å². The normalized spacial score (nSPS) is 14.5. The van der Waals surface area contributed by atoms with Gasteiger partial charge in [0.05, 0.1) is 6.20 Å². The fraction of sp³-hybridized carbons (Fsp3) is 0.304. The number of carbonyl (C=O) groups is 1. The molecule has 2 heterocycles. The van der Waals surface area contributed by atoms with Crippen LogP contribution in [0.2, 0.25) is 0 Å². The van der Waals surface area contributed by atoms with E-state index in [0.717, 1.165) is 44.4 Å². The van der Waals surface area contributed by atoms with Crippen molar-refractivity contribution in [3.05, 3.63) is 65.2 Å². The number of thiazole rings is 1. The first-order chi connectivity index (χ1) is 15.7. The van der Waals surface area contributed by atoms with E-state index in [9.17, 15) is 4.79 Å². The minimum atomic E-state index is -0.518. The van der Waals surface area contributed by atoms with Gasteiger partial charge in [0.1, 0.15) is 4.88 Å². The quantitative estimate of drug-likeness (QED) is 0.263. The van der Waals surface area contributed by atoms with Crippen LogP contribution in [0.4, 0.5) is 5.13 Å². The SMILES string of the molecule is CCNCc1cccc(-c2ccc(SN3CCN(c4ncc(C(=O)NO)s4)CC3)cc2)c1. The maximum absolute atomic E-state index is 11.5. The average molecular weight is 470 g/mol. The molecule has 1 aliphatic heterocycles. The van der Waals surface area contributed by atoms with Gasteiger partial charge in [0.2, 0.25) is 0 Å². The molecule has 0 radical (unpaired) electrons. The first kappa shape index (κ1) is 22.8. The van der Waals surface area contributed by atoms with E-state index < -0.39 is 5.91 Å². The molecule has 9 heteroatoms. The molecule has 0 spiro atoms. The van der Waals surface area contributed by atoms with E-state index in [1.807, 2.05) is 0 Å². The van der Waals surface area contributed by atoms with Crippen LogP contribution in [-0.2, 0) is 6.54 Å². The molecule has 3 N–H and O–H groups in total. The van der Waals surface area contributed by atoms with Crippen LogP contribution in [0.25, 0.3) is 11.1 Å². The summed E-state index contributed by atoms with van der Waals surface area (Å²) in [6.07, 6.45) is 1.50. The van der Waals surface area contributed by atoms with Gasteiger partial charge in [-0.05, 0) is 53.4 Å². The smallest absolute Gasteiger partial charge is 0.286 e. The Hall–Kier alpha value is -2.43. The zero-order valence-corrected chi connectivity index (χ0v) is 19.6. The van der Waals surface area contributed by atoms with Gasteiger partial charge in [-0.2, -0.15) is 0 Å². The Bertz CT molecular complexity index is 1030. The number of nitrogens with zero attached hydrogens (tertiary/aromatic N) is 3. The van der Waals surface area contributed by atoms with E-state index in [-0.39, 0.29) is 0 Å². The van der Waals surface area contributed by atoms with Crippen molar-refractivity contribution in [2.75, 3.05) is 37.6 Å². The Kier molecular flexibility index (Phi) is 7.77. The first-order valence-corrected chi connectivity index (χ1v) is 12.2. The molecule has 4 rings (SSSR count). The molecular weight excluding hydrogens is 442 g/mol. The Morgan fingerprint density at radius 3 is 2.62 bits per heavy atom. The molecule has 1 aliphatic rings. The summed E-state index contributed by atoms with van der Waals surface area (Å²) in [6, 6.07) is 17.4. The van der Waals surface area contributed by atoms with Crippen LogP contribution in [0, 0.1) is 0 Å². The molecule has 1 amide bonds. The summed E-state index contributed by atoms with van der Waals surface area (Å²) in [5.74, 6) is -0.518. The first-order valence-electron chi connectivity index (χ1n) is 10.6. The van der Waals surface area contributed by atoms with Crippen LogP contribution in [0.15, 0.2) is 59.6 Å². The van der Waals surface area contributed by atoms with Gasteiger partial charge in [-0.1, -0.05) is 48.6 Å². The minimum absolute atomic E-state index is 0.409. The van der Waals surface area contributed by atoms with Crippen LogP contribution in [0.3, 0.4) is 0 Å². The summed E-state index contributed by atoms with van der Waals surface area (Å²) in [6.45, 7) is 7.47. The lowest BCUT2D eigenvalue weighted by Crippen LogP contribution is -2.43. The van der Waals surface area contributed by atoms with E-state index in [1.54, 1.807) is 17.4 Å². The average Bonchev–Trinajstić information content (AvgIpc) is 3.34. The second-order valence-corrected chi connectivity index (χ2v) is 9.64. The molecular formula is C23H27N5O2S2. The molecule has 0 saturated carbocycles. The van der Waals surface area contributed by atoms with Crippen LogP contribution in [0.5, 0.6) is 0 Å². The summed E-state index contributed by atoms with van der Waals surface area (Å²) >= 11 is 3.07. The maximum Gasteiger partial charge on any atom is 0.286 e. The second kappa shape index (κ2) is 10.9. The molecule has 168 valence electrons. The van der Waals surface area contributed by atoms with E-state index in [2.05, 4.69) is 75.0 Å². The van der Waals surface area contributed by atoms with E-state index >= 15 is 0 Å². The number of rotatable bonds is 8. The summed E-state index contributed by atoms with van der Waals surface area (Å²) in [5.41, 5.74) is 5.42. The van der Waals surface area contributed by atoms with Gasteiger partial charge in [-0.15, -0.1) is 0 Å². The lowest BCUT2D eigenvalue weighted by Gasteiger charge is -2.33. The number of aromatic nitrogens is 1. The lowest BCUT2D eigenvalue weighted by atomic mass is 10.0. The molecule has 1 saturated heterocycles. The third-order valence-corrected chi connectivity index (χ3v) is 7.42. The molecule has 1 aromatic heterocycles. The summed E-state index contributed by atoms with van der Waals surface area (Å²) < 4.78 is 2.36. The van der Waals surface area contributed by atoms with Crippen molar-refractivity contribution in [2.24, 2.45) is 0 Å².